The molecule has 0 fully saturated rings. The number of urea groups is 1. The van der Waals surface area contributed by atoms with Crippen LogP contribution in [-0.4, -0.2) is 43.0 Å². The third kappa shape index (κ3) is 8.41. The van der Waals surface area contributed by atoms with E-state index < -0.39 is 36.6 Å². The van der Waals surface area contributed by atoms with Gasteiger partial charge >= 0.3 is 12.0 Å². The number of primary amides is 1. The van der Waals surface area contributed by atoms with Gasteiger partial charge in [-0.2, -0.15) is 0 Å². The Morgan fingerprint density at radius 3 is 2.33 bits per heavy atom. The Morgan fingerprint density at radius 1 is 1.15 bits per heavy atom. The first kappa shape index (κ1) is 22.2. The standard InChI is InChI=1S/C17H23ClN4O5/c1-3-20-16(25)10(2)21-14(23)9-27-15(24)8-13(22-17(19)26)11-4-6-12(18)7-5-11/h4-7,10,13H,3,8-9H2,1-2H3,(H,20,25)(H,21,23)(H3,19,22,26)/t10-,13-/m0/s1. The average Bonchev–Trinajstić information content (AvgIpc) is 2.60. The van der Waals surface area contributed by atoms with Gasteiger partial charge in [-0.3, -0.25) is 14.4 Å². The van der Waals surface area contributed by atoms with Crippen LogP contribution in [0.4, 0.5) is 4.79 Å². The van der Waals surface area contributed by atoms with E-state index in [-0.39, 0.29) is 12.3 Å². The highest BCUT2D eigenvalue weighted by molar-refractivity contribution is 6.30. The zero-order valence-electron chi connectivity index (χ0n) is 15.1. The number of benzene rings is 1. The number of nitrogens with one attached hydrogen (secondary N) is 3. The fourth-order valence-corrected chi connectivity index (χ4v) is 2.29. The second-order valence-electron chi connectivity index (χ2n) is 5.66. The van der Waals surface area contributed by atoms with Crippen LogP contribution in [0.15, 0.2) is 24.3 Å². The first-order valence-electron chi connectivity index (χ1n) is 8.27. The summed E-state index contributed by atoms with van der Waals surface area (Å²) in [6.07, 6.45) is -0.232. The van der Waals surface area contributed by atoms with Gasteiger partial charge in [0, 0.05) is 11.6 Å². The van der Waals surface area contributed by atoms with E-state index in [4.69, 9.17) is 22.1 Å². The smallest absolute Gasteiger partial charge is 0.312 e. The number of hydrogen-bond acceptors (Lipinski definition) is 5. The molecule has 9 nitrogen and oxygen atoms in total. The lowest BCUT2D eigenvalue weighted by Gasteiger charge is -2.18. The molecule has 1 rings (SSSR count). The quantitative estimate of drug-likeness (QED) is 0.451. The monoisotopic (exact) mass is 398 g/mol. The van der Waals surface area contributed by atoms with Crippen LogP contribution in [0.1, 0.15) is 31.9 Å². The maximum Gasteiger partial charge on any atom is 0.312 e. The summed E-state index contributed by atoms with van der Waals surface area (Å²) in [7, 11) is 0. The first-order chi connectivity index (χ1) is 12.7. The summed E-state index contributed by atoms with van der Waals surface area (Å²) in [6.45, 7) is 3.16. The van der Waals surface area contributed by atoms with Crippen LogP contribution in [0.5, 0.6) is 0 Å². The highest BCUT2D eigenvalue weighted by atomic mass is 35.5. The summed E-state index contributed by atoms with van der Waals surface area (Å²) in [5, 5.41) is 7.90. The fourth-order valence-electron chi connectivity index (χ4n) is 2.17. The molecule has 0 saturated heterocycles. The molecule has 1 aromatic rings. The van der Waals surface area contributed by atoms with E-state index in [9.17, 15) is 19.2 Å². The van der Waals surface area contributed by atoms with Crippen molar-refractivity contribution in [3.05, 3.63) is 34.9 Å². The molecule has 1 aromatic carbocycles. The van der Waals surface area contributed by atoms with Crippen molar-refractivity contribution in [1.29, 1.82) is 0 Å². The maximum atomic E-state index is 12.0. The van der Waals surface area contributed by atoms with E-state index >= 15 is 0 Å². The van der Waals surface area contributed by atoms with Crippen molar-refractivity contribution in [3.8, 4) is 0 Å². The Labute approximate surface area is 161 Å². The van der Waals surface area contributed by atoms with Gasteiger partial charge in [0.05, 0.1) is 12.5 Å². The topological polar surface area (TPSA) is 140 Å². The number of halogens is 1. The lowest BCUT2D eigenvalue weighted by molar-refractivity contribution is -0.149. The number of amides is 4. The van der Waals surface area contributed by atoms with E-state index in [2.05, 4.69) is 16.0 Å². The van der Waals surface area contributed by atoms with Gasteiger partial charge in [-0.1, -0.05) is 23.7 Å². The predicted molar refractivity (Wildman–Crippen MR) is 98.8 cm³/mol. The molecular weight excluding hydrogens is 376 g/mol. The Balaban J connectivity index is 2.56. The molecule has 0 radical (unpaired) electrons. The number of ether oxygens (including phenoxy) is 1. The molecule has 0 bridgehead atoms. The molecule has 148 valence electrons. The summed E-state index contributed by atoms with van der Waals surface area (Å²) in [5.74, 6) is -1.68. The molecule has 0 unspecified atom stereocenters. The summed E-state index contributed by atoms with van der Waals surface area (Å²) in [6, 6.07) is 4.19. The van der Waals surface area contributed by atoms with Crippen molar-refractivity contribution in [2.75, 3.05) is 13.2 Å². The van der Waals surface area contributed by atoms with E-state index in [1.165, 1.54) is 6.92 Å². The molecule has 27 heavy (non-hydrogen) atoms. The summed E-state index contributed by atoms with van der Waals surface area (Å²) >= 11 is 5.82. The van der Waals surface area contributed by atoms with Crippen molar-refractivity contribution in [1.82, 2.24) is 16.0 Å². The van der Waals surface area contributed by atoms with Crippen LogP contribution in [-0.2, 0) is 19.1 Å². The van der Waals surface area contributed by atoms with Gasteiger partial charge in [0.1, 0.15) is 6.04 Å². The van der Waals surface area contributed by atoms with Crippen molar-refractivity contribution in [3.63, 3.8) is 0 Å². The van der Waals surface area contributed by atoms with Gasteiger partial charge in [0.25, 0.3) is 5.91 Å². The van der Waals surface area contributed by atoms with Crippen LogP contribution in [0.3, 0.4) is 0 Å². The Kier molecular flexibility index (Phi) is 9.07. The molecule has 0 aliphatic heterocycles. The number of carbonyl (C=O) groups excluding carboxylic acids is 4. The molecule has 4 amide bonds. The molecule has 0 spiro atoms. The van der Waals surface area contributed by atoms with Crippen LogP contribution < -0.4 is 21.7 Å². The number of carbonyl (C=O) groups is 4. The number of esters is 1. The number of rotatable bonds is 9. The summed E-state index contributed by atoms with van der Waals surface area (Å²) in [4.78, 5) is 46.5. The maximum absolute atomic E-state index is 12.0. The van der Waals surface area contributed by atoms with Crippen molar-refractivity contribution in [2.24, 2.45) is 5.73 Å². The van der Waals surface area contributed by atoms with Gasteiger partial charge in [-0.25, -0.2) is 4.79 Å². The Morgan fingerprint density at radius 2 is 1.78 bits per heavy atom. The van der Waals surface area contributed by atoms with E-state index in [1.54, 1.807) is 31.2 Å². The Bertz CT molecular complexity index is 680. The van der Waals surface area contributed by atoms with Crippen LogP contribution in [0.2, 0.25) is 5.02 Å². The minimum atomic E-state index is -0.809. The van der Waals surface area contributed by atoms with Crippen molar-refractivity contribution >= 4 is 35.4 Å². The van der Waals surface area contributed by atoms with Gasteiger partial charge < -0.3 is 26.4 Å². The molecule has 5 N–H and O–H groups in total. The molecule has 0 heterocycles. The van der Waals surface area contributed by atoms with Gasteiger partial charge in [0.2, 0.25) is 5.91 Å². The highest BCUT2D eigenvalue weighted by Gasteiger charge is 2.20. The molecule has 2 atom stereocenters. The van der Waals surface area contributed by atoms with Gasteiger partial charge in [-0.15, -0.1) is 0 Å². The number of nitrogens with two attached hydrogens (primary N) is 1. The van der Waals surface area contributed by atoms with E-state index in [0.717, 1.165) is 0 Å². The third-order valence-corrected chi connectivity index (χ3v) is 3.70. The summed E-state index contributed by atoms with van der Waals surface area (Å²) in [5.41, 5.74) is 5.74. The largest absolute Gasteiger partial charge is 0.456 e. The SMILES string of the molecule is CCNC(=O)[C@H](C)NC(=O)COC(=O)C[C@H](NC(N)=O)c1ccc(Cl)cc1. The highest BCUT2D eigenvalue weighted by Crippen LogP contribution is 2.19. The first-order valence-corrected chi connectivity index (χ1v) is 8.64. The lowest BCUT2D eigenvalue weighted by atomic mass is 10.0. The van der Waals surface area contributed by atoms with Crippen LogP contribution in [0, 0.1) is 0 Å². The molecule has 10 heteroatoms. The van der Waals surface area contributed by atoms with E-state index in [1.807, 2.05) is 0 Å². The minimum Gasteiger partial charge on any atom is -0.456 e. The number of hydrogen-bond donors (Lipinski definition) is 4. The Hall–Kier alpha value is -2.81. The molecule has 0 aliphatic rings. The van der Waals surface area contributed by atoms with Crippen molar-refractivity contribution < 1.29 is 23.9 Å². The van der Waals surface area contributed by atoms with Crippen molar-refractivity contribution in [2.45, 2.75) is 32.4 Å². The second kappa shape index (κ2) is 11.0. The molecular formula is C17H23ClN4O5. The predicted octanol–water partition coefficient (Wildman–Crippen LogP) is 0.624. The van der Waals surface area contributed by atoms with Gasteiger partial charge in [-0.05, 0) is 31.5 Å². The molecule has 0 aromatic heterocycles. The van der Waals surface area contributed by atoms with Gasteiger partial charge in [0.15, 0.2) is 6.61 Å². The third-order valence-electron chi connectivity index (χ3n) is 3.45. The molecule has 0 aliphatic carbocycles. The zero-order valence-corrected chi connectivity index (χ0v) is 15.8. The van der Waals surface area contributed by atoms with E-state index in [0.29, 0.717) is 17.1 Å². The average molecular weight is 399 g/mol. The summed E-state index contributed by atoms with van der Waals surface area (Å²) < 4.78 is 4.90. The number of likely N-dealkylation sites (N-methyl/N-ethyl adjacent to an activating group) is 1. The van der Waals surface area contributed by atoms with Crippen LogP contribution in [0.25, 0.3) is 0 Å². The normalized spacial score (nSPS) is 12.4. The lowest BCUT2D eigenvalue weighted by Crippen LogP contribution is -2.46. The van der Waals surface area contributed by atoms with Crippen LogP contribution >= 0.6 is 11.6 Å². The fraction of sp³-hybridized carbons (Fsp3) is 0.412. The molecule has 0 saturated carbocycles. The zero-order chi connectivity index (χ0) is 20.4. The minimum absolute atomic E-state index is 0.232. The second-order valence-corrected chi connectivity index (χ2v) is 6.10.